The first-order valence-electron chi connectivity index (χ1n) is 5.08. The van der Waals surface area contributed by atoms with Gasteiger partial charge in [-0.2, -0.15) is 12.8 Å². The third-order valence-electron chi connectivity index (χ3n) is 2.22. The molecule has 0 saturated carbocycles. The predicted octanol–water partition coefficient (Wildman–Crippen LogP) is 0.998. The fourth-order valence-electron chi connectivity index (χ4n) is 1.35. The lowest BCUT2D eigenvalue weighted by atomic mass is 10.3. The van der Waals surface area contributed by atoms with Crippen molar-refractivity contribution < 1.29 is 27.9 Å². The van der Waals surface area contributed by atoms with Crippen LogP contribution in [0.5, 0.6) is 5.75 Å². The van der Waals surface area contributed by atoms with E-state index in [1.807, 2.05) is 0 Å². The number of esters is 1. The lowest BCUT2D eigenvalue weighted by Crippen LogP contribution is -2.15. The third kappa shape index (κ3) is 2.70. The Bertz CT molecular complexity index is 765. The highest BCUT2D eigenvalue weighted by atomic mass is 35.5. The fraction of sp³-hybridized carbons (Fsp3) is 0. The van der Waals surface area contributed by atoms with Crippen LogP contribution < -0.4 is 4.74 Å². The Labute approximate surface area is 118 Å². The largest absolute Gasteiger partial charge is 0.476 e. The number of sulfonamides is 1. The first-order valence-corrected chi connectivity index (χ1v) is 6.90. The molecule has 2 rings (SSSR count). The Hall–Kier alpha value is -2.19. The van der Waals surface area contributed by atoms with E-state index in [1.165, 1.54) is 18.2 Å². The monoisotopic (exact) mass is 315 g/mol. The fourth-order valence-corrected chi connectivity index (χ4v) is 2.52. The molecule has 0 spiro atoms. The van der Waals surface area contributed by atoms with Crippen molar-refractivity contribution in [1.29, 1.82) is 0 Å². The van der Waals surface area contributed by atoms with Crippen LogP contribution in [0.3, 0.4) is 0 Å². The van der Waals surface area contributed by atoms with Gasteiger partial charge in [0.05, 0.1) is 5.02 Å². The van der Waals surface area contributed by atoms with Gasteiger partial charge in [-0.05, 0) is 12.1 Å². The molecule has 0 unspecified atom stereocenters. The summed E-state index contributed by atoms with van der Waals surface area (Å²) in [6, 6.07) is 5.93. The highest BCUT2D eigenvalue weighted by Gasteiger charge is 2.34. The van der Waals surface area contributed by atoms with Crippen LogP contribution in [-0.4, -0.2) is 31.2 Å². The number of nitrogens with zero attached hydrogens (tertiary/aromatic N) is 1. The van der Waals surface area contributed by atoms with Crippen molar-refractivity contribution in [3.63, 3.8) is 0 Å². The number of hydrogen-bond acceptors (Lipinski definition) is 5. The summed E-state index contributed by atoms with van der Waals surface area (Å²) in [5.74, 6) is -2.86. The highest BCUT2D eigenvalue weighted by Crippen LogP contribution is 2.26. The van der Waals surface area contributed by atoms with Gasteiger partial charge in [0, 0.05) is 6.08 Å². The maximum absolute atomic E-state index is 11.8. The number of rotatable bonds is 3. The Morgan fingerprint density at radius 2 is 1.90 bits per heavy atom. The molecule has 7 nitrogen and oxygen atoms in total. The number of carboxylic acid groups (broad SMARTS) is 1. The number of aliphatic carboxylic acids is 1. The maximum Gasteiger partial charge on any atom is 0.357 e. The SMILES string of the molecule is O=C(O)C1=NS(=O)(=O)C(C(=O)Oc2ccccc2Cl)=C1. The Balaban J connectivity index is 2.30. The van der Waals surface area contributed by atoms with Gasteiger partial charge in [-0.3, -0.25) is 0 Å². The zero-order valence-electron chi connectivity index (χ0n) is 9.61. The molecule has 104 valence electrons. The van der Waals surface area contributed by atoms with Gasteiger partial charge in [0.1, 0.15) is 5.75 Å². The van der Waals surface area contributed by atoms with Crippen LogP contribution in [0.25, 0.3) is 0 Å². The molecule has 0 fully saturated rings. The van der Waals surface area contributed by atoms with Gasteiger partial charge < -0.3 is 9.84 Å². The first kappa shape index (κ1) is 14.2. The maximum atomic E-state index is 11.8. The van der Waals surface area contributed by atoms with Gasteiger partial charge in [0.15, 0.2) is 10.6 Å². The summed E-state index contributed by atoms with van der Waals surface area (Å²) < 4.78 is 30.8. The second-order valence-corrected chi connectivity index (χ2v) is 5.57. The highest BCUT2D eigenvalue weighted by molar-refractivity contribution is 7.95. The van der Waals surface area contributed by atoms with Crippen LogP contribution in [0.1, 0.15) is 0 Å². The molecule has 0 radical (unpaired) electrons. The first-order chi connectivity index (χ1) is 9.31. The van der Waals surface area contributed by atoms with Crippen LogP contribution in [0.4, 0.5) is 0 Å². The third-order valence-corrected chi connectivity index (χ3v) is 3.81. The van der Waals surface area contributed by atoms with Gasteiger partial charge in [-0.25, -0.2) is 9.59 Å². The Morgan fingerprint density at radius 1 is 1.25 bits per heavy atom. The number of carbonyl (C=O) groups is 2. The van der Waals surface area contributed by atoms with E-state index in [4.69, 9.17) is 21.4 Å². The van der Waals surface area contributed by atoms with Gasteiger partial charge in [0.2, 0.25) is 0 Å². The Morgan fingerprint density at radius 3 is 2.45 bits per heavy atom. The molecule has 0 bridgehead atoms. The molecule has 0 amide bonds. The van der Waals surface area contributed by atoms with Crippen LogP contribution >= 0.6 is 11.6 Å². The minimum atomic E-state index is -4.36. The van der Waals surface area contributed by atoms with E-state index in [1.54, 1.807) is 6.07 Å². The molecule has 0 aromatic heterocycles. The molecular weight excluding hydrogens is 310 g/mol. The van der Waals surface area contributed by atoms with E-state index >= 15 is 0 Å². The minimum Gasteiger partial charge on any atom is -0.476 e. The summed E-state index contributed by atoms with van der Waals surface area (Å²) in [7, 11) is -4.36. The smallest absolute Gasteiger partial charge is 0.357 e. The normalized spacial score (nSPS) is 16.2. The number of hydrogen-bond donors (Lipinski definition) is 1. The summed E-state index contributed by atoms with van der Waals surface area (Å²) >= 11 is 5.76. The lowest BCUT2D eigenvalue weighted by Gasteiger charge is -2.05. The molecule has 0 aliphatic carbocycles. The van der Waals surface area contributed by atoms with E-state index in [2.05, 4.69) is 4.40 Å². The van der Waals surface area contributed by atoms with Crippen molar-refractivity contribution in [2.45, 2.75) is 0 Å². The van der Waals surface area contributed by atoms with Crippen molar-refractivity contribution in [2.75, 3.05) is 0 Å². The van der Waals surface area contributed by atoms with E-state index in [0.29, 0.717) is 6.08 Å². The van der Waals surface area contributed by atoms with E-state index in [-0.39, 0.29) is 10.8 Å². The van der Waals surface area contributed by atoms with Gasteiger partial charge >= 0.3 is 11.9 Å². The second kappa shape index (κ2) is 5.06. The molecule has 0 saturated heterocycles. The molecule has 20 heavy (non-hydrogen) atoms. The average Bonchev–Trinajstić information content (AvgIpc) is 2.68. The standard InChI is InChI=1S/C11H6ClNO6S/c12-6-3-1-2-4-8(6)19-11(16)9-5-7(10(14)15)13-20(9,17)18/h1-5H,(H,14,15). The number of carbonyl (C=O) groups excluding carboxylic acids is 1. The molecule has 1 aromatic rings. The van der Waals surface area contributed by atoms with E-state index < -0.39 is 32.6 Å². The number of para-hydroxylation sites is 1. The van der Waals surface area contributed by atoms with E-state index in [9.17, 15) is 18.0 Å². The lowest BCUT2D eigenvalue weighted by molar-refractivity contribution is -0.130. The van der Waals surface area contributed by atoms with E-state index in [0.717, 1.165) is 0 Å². The molecule has 0 atom stereocenters. The second-order valence-electron chi connectivity index (χ2n) is 3.59. The molecular formula is C11H6ClNO6S. The average molecular weight is 316 g/mol. The van der Waals surface area contributed by atoms with Crippen LogP contribution in [0, 0.1) is 0 Å². The quantitative estimate of drug-likeness (QED) is 0.658. The Kier molecular flexibility index (Phi) is 3.60. The molecule has 1 aliphatic heterocycles. The number of halogens is 1. The summed E-state index contributed by atoms with van der Waals surface area (Å²) in [4.78, 5) is 21.6. The predicted molar refractivity (Wildman–Crippen MR) is 69.2 cm³/mol. The summed E-state index contributed by atoms with van der Waals surface area (Å²) in [6.07, 6.45) is 0.636. The number of carboxylic acids is 1. The van der Waals surface area contributed by atoms with Crippen molar-refractivity contribution in [3.8, 4) is 5.75 Å². The molecule has 1 aliphatic rings. The molecule has 9 heteroatoms. The summed E-state index contributed by atoms with van der Waals surface area (Å²) in [5, 5.41) is 8.77. The summed E-state index contributed by atoms with van der Waals surface area (Å²) in [6.45, 7) is 0. The molecule has 1 N–H and O–H groups in total. The van der Waals surface area contributed by atoms with Crippen LogP contribution in [0.15, 0.2) is 39.6 Å². The van der Waals surface area contributed by atoms with Crippen molar-refractivity contribution in [2.24, 2.45) is 4.40 Å². The minimum absolute atomic E-state index is 0.0426. The summed E-state index contributed by atoms with van der Waals surface area (Å²) in [5.41, 5.74) is -0.754. The van der Waals surface area contributed by atoms with Crippen molar-refractivity contribution in [1.82, 2.24) is 0 Å². The van der Waals surface area contributed by atoms with Crippen LogP contribution in [-0.2, 0) is 19.6 Å². The van der Waals surface area contributed by atoms with Gasteiger partial charge in [-0.1, -0.05) is 23.7 Å². The van der Waals surface area contributed by atoms with Crippen LogP contribution in [0.2, 0.25) is 5.02 Å². The zero-order valence-corrected chi connectivity index (χ0v) is 11.2. The van der Waals surface area contributed by atoms with Crippen molar-refractivity contribution >= 4 is 39.3 Å². The topological polar surface area (TPSA) is 110 Å². The van der Waals surface area contributed by atoms with Crippen molar-refractivity contribution in [3.05, 3.63) is 40.3 Å². The van der Waals surface area contributed by atoms with Gasteiger partial charge in [0.25, 0.3) is 10.0 Å². The van der Waals surface area contributed by atoms with Gasteiger partial charge in [-0.15, -0.1) is 0 Å². The molecule has 1 heterocycles. The number of benzene rings is 1. The molecule has 1 aromatic carbocycles. The zero-order chi connectivity index (χ0) is 14.9. The number of ether oxygens (including phenoxy) is 1.